The number of unbranched alkanes of at least 4 members (excludes halogenated alkanes) is 2. The molecule has 0 fully saturated rings. The Labute approximate surface area is 135 Å². The minimum absolute atomic E-state index is 0.0218. The minimum atomic E-state index is -0.766. The third-order valence-corrected chi connectivity index (χ3v) is 3.81. The lowest BCUT2D eigenvalue weighted by molar-refractivity contribution is -0.137. The molecular weight excluding hydrogens is 294 g/mol. The van der Waals surface area contributed by atoms with Gasteiger partial charge in [-0.05, 0) is 38.3 Å². The number of aliphatic carboxylic acids is 1. The average molecular weight is 317 g/mol. The highest BCUT2D eigenvalue weighted by atomic mass is 16.4. The summed E-state index contributed by atoms with van der Waals surface area (Å²) in [4.78, 5) is 26.8. The topological polar surface area (TPSA) is 83.7 Å². The van der Waals surface area contributed by atoms with Crippen molar-refractivity contribution in [2.75, 3.05) is 6.54 Å². The number of imidazole rings is 1. The zero-order valence-corrected chi connectivity index (χ0v) is 13.4. The molecule has 0 radical (unpaired) electrons. The van der Waals surface area contributed by atoms with Crippen LogP contribution in [0.1, 0.15) is 43.5 Å². The summed E-state index contributed by atoms with van der Waals surface area (Å²) < 4.78 is 2.02. The lowest BCUT2D eigenvalue weighted by Gasteiger charge is -2.06. The first-order valence-corrected chi connectivity index (χ1v) is 7.99. The molecule has 2 N–H and O–H groups in total. The molecule has 0 spiro atoms. The zero-order chi connectivity index (χ0) is 16.7. The molecule has 0 atom stereocenters. The molecule has 2 heterocycles. The van der Waals surface area contributed by atoms with E-state index in [0.29, 0.717) is 25.8 Å². The number of rotatable bonds is 9. The van der Waals surface area contributed by atoms with Gasteiger partial charge >= 0.3 is 5.97 Å². The summed E-state index contributed by atoms with van der Waals surface area (Å²) in [6, 6.07) is 5.85. The maximum atomic E-state index is 11.9. The van der Waals surface area contributed by atoms with Crippen molar-refractivity contribution in [3.63, 3.8) is 0 Å². The van der Waals surface area contributed by atoms with E-state index in [9.17, 15) is 9.59 Å². The quantitative estimate of drug-likeness (QED) is 0.695. The summed E-state index contributed by atoms with van der Waals surface area (Å²) in [5.41, 5.74) is 2.92. The number of carbonyl (C=O) groups is 2. The van der Waals surface area contributed by atoms with Gasteiger partial charge in [0.2, 0.25) is 5.91 Å². The molecule has 2 aromatic heterocycles. The first-order valence-electron chi connectivity index (χ1n) is 7.99. The van der Waals surface area contributed by atoms with Crippen LogP contribution in [0.3, 0.4) is 0 Å². The van der Waals surface area contributed by atoms with Gasteiger partial charge in [-0.1, -0.05) is 12.5 Å². The van der Waals surface area contributed by atoms with Crippen LogP contribution in [0.15, 0.2) is 24.4 Å². The van der Waals surface area contributed by atoms with E-state index >= 15 is 0 Å². The van der Waals surface area contributed by atoms with E-state index in [1.54, 1.807) is 0 Å². The normalized spacial score (nSPS) is 10.8. The first kappa shape index (κ1) is 17.0. The number of fused-ring (bicyclic) bond motifs is 1. The summed E-state index contributed by atoms with van der Waals surface area (Å²) in [6.07, 6.45) is 5.53. The van der Waals surface area contributed by atoms with Crippen molar-refractivity contribution >= 4 is 17.5 Å². The third-order valence-electron chi connectivity index (χ3n) is 3.81. The number of aryl methyl sites for hydroxylation is 2. The molecule has 0 bridgehead atoms. The maximum Gasteiger partial charge on any atom is 0.303 e. The highest BCUT2D eigenvalue weighted by molar-refractivity contribution is 5.76. The number of nitrogens with zero attached hydrogens (tertiary/aromatic N) is 2. The Balaban J connectivity index is 1.72. The Morgan fingerprint density at radius 1 is 1.22 bits per heavy atom. The van der Waals surface area contributed by atoms with Gasteiger partial charge in [-0.25, -0.2) is 4.98 Å². The Morgan fingerprint density at radius 3 is 2.83 bits per heavy atom. The molecule has 6 heteroatoms. The van der Waals surface area contributed by atoms with E-state index in [0.717, 1.165) is 29.9 Å². The fraction of sp³-hybridized carbons (Fsp3) is 0.471. The van der Waals surface area contributed by atoms with E-state index < -0.39 is 5.97 Å². The Morgan fingerprint density at radius 2 is 2.04 bits per heavy atom. The molecule has 124 valence electrons. The van der Waals surface area contributed by atoms with Gasteiger partial charge < -0.3 is 14.8 Å². The fourth-order valence-electron chi connectivity index (χ4n) is 2.59. The van der Waals surface area contributed by atoms with Gasteiger partial charge in [0.05, 0.1) is 5.69 Å². The van der Waals surface area contributed by atoms with Crippen molar-refractivity contribution in [1.82, 2.24) is 14.7 Å². The average Bonchev–Trinajstić information content (AvgIpc) is 2.83. The van der Waals surface area contributed by atoms with Crippen LogP contribution in [0.5, 0.6) is 0 Å². The molecule has 6 nitrogen and oxygen atoms in total. The Kier molecular flexibility index (Phi) is 6.14. The standard InChI is InChI=1S/C17H23N3O3/c1-13-14(20-12-6-4-7-15(20)19-13)9-10-16(21)18-11-5-2-3-8-17(22)23/h4,6-7,12H,2-3,5,8-11H2,1H3,(H,18,21)(H,22,23). The molecule has 0 aliphatic heterocycles. The van der Waals surface area contributed by atoms with Crippen LogP contribution in [0.4, 0.5) is 0 Å². The van der Waals surface area contributed by atoms with Crippen LogP contribution in [0.25, 0.3) is 5.65 Å². The number of hydrogen-bond donors (Lipinski definition) is 2. The SMILES string of the molecule is Cc1nc2ccccn2c1CCC(=O)NCCCCCC(=O)O. The molecule has 0 saturated heterocycles. The van der Waals surface area contributed by atoms with Gasteiger partial charge in [-0.3, -0.25) is 9.59 Å². The van der Waals surface area contributed by atoms with Crippen molar-refractivity contribution < 1.29 is 14.7 Å². The Hall–Kier alpha value is -2.37. The number of pyridine rings is 1. The number of carboxylic acid groups (broad SMARTS) is 1. The summed E-state index contributed by atoms with van der Waals surface area (Å²) in [5.74, 6) is -0.744. The van der Waals surface area contributed by atoms with E-state index in [-0.39, 0.29) is 12.3 Å². The van der Waals surface area contributed by atoms with Crippen molar-refractivity contribution in [2.24, 2.45) is 0 Å². The van der Waals surface area contributed by atoms with Crippen molar-refractivity contribution in [1.29, 1.82) is 0 Å². The summed E-state index contributed by atoms with van der Waals surface area (Å²) in [5, 5.41) is 11.4. The summed E-state index contributed by atoms with van der Waals surface area (Å²) >= 11 is 0. The molecule has 2 aromatic rings. The highest BCUT2D eigenvalue weighted by Gasteiger charge is 2.10. The van der Waals surface area contributed by atoms with Crippen LogP contribution in [-0.2, 0) is 16.0 Å². The summed E-state index contributed by atoms with van der Waals surface area (Å²) in [7, 11) is 0. The number of carboxylic acids is 1. The van der Waals surface area contributed by atoms with Crippen LogP contribution < -0.4 is 5.32 Å². The predicted octanol–water partition coefficient (Wildman–Crippen LogP) is 2.34. The molecule has 1 amide bonds. The molecule has 0 saturated carbocycles. The van der Waals surface area contributed by atoms with Crippen LogP contribution in [-0.4, -0.2) is 32.9 Å². The maximum absolute atomic E-state index is 11.9. The number of carbonyl (C=O) groups excluding carboxylic acids is 1. The molecule has 0 aromatic carbocycles. The van der Waals surface area contributed by atoms with Crippen LogP contribution in [0.2, 0.25) is 0 Å². The highest BCUT2D eigenvalue weighted by Crippen LogP contribution is 2.13. The number of nitrogens with one attached hydrogen (secondary N) is 1. The van der Waals surface area contributed by atoms with Crippen molar-refractivity contribution in [3.05, 3.63) is 35.8 Å². The number of hydrogen-bond acceptors (Lipinski definition) is 3. The first-order chi connectivity index (χ1) is 11.1. The largest absolute Gasteiger partial charge is 0.481 e. The molecule has 0 aliphatic rings. The van der Waals surface area contributed by atoms with E-state index in [1.807, 2.05) is 35.7 Å². The van der Waals surface area contributed by atoms with Gasteiger partial charge in [0.1, 0.15) is 5.65 Å². The van der Waals surface area contributed by atoms with E-state index in [4.69, 9.17) is 5.11 Å². The number of aromatic nitrogens is 2. The van der Waals surface area contributed by atoms with Gasteiger partial charge in [0.15, 0.2) is 0 Å². The molecule has 0 unspecified atom stereocenters. The van der Waals surface area contributed by atoms with Crippen LogP contribution in [0, 0.1) is 6.92 Å². The van der Waals surface area contributed by atoms with Gasteiger partial charge in [0, 0.05) is 31.3 Å². The van der Waals surface area contributed by atoms with Gasteiger partial charge in [-0.15, -0.1) is 0 Å². The molecule has 2 rings (SSSR count). The second kappa shape index (κ2) is 8.31. The van der Waals surface area contributed by atoms with Crippen LogP contribution >= 0.6 is 0 Å². The monoisotopic (exact) mass is 317 g/mol. The second-order valence-electron chi connectivity index (χ2n) is 5.63. The lowest BCUT2D eigenvalue weighted by atomic mass is 10.2. The third kappa shape index (κ3) is 5.09. The molecule has 0 aliphatic carbocycles. The smallest absolute Gasteiger partial charge is 0.303 e. The van der Waals surface area contributed by atoms with E-state index in [2.05, 4.69) is 10.3 Å². The molecular formula is C17H23N3O3. The van der Waals surface area contributed by atoms with Crippen molar-refractivity contribution in [2.45, 2.75) is 45.4 Å². The van der Waals surface area contributed by atoms with Gasteiger partial charge in [-0.2, -0.15) is 0 Å². The fourth-order valence-corrected chi connectivity index (χ4v) is 2.59. The summed E-state index contributed by atoms with van der Waals surface area (Å²) in [6.45, 7) is 2.56. The lowest BCUT2D eigenvalue weighted by Crippen LogP contribution is -2.24. The number of amides is 1. The van der Waals surface area contributed by atoms with Crippen molar-refractivity contribution in [3.8, 4) is 0 Å². The molecule has 23 heavy (non-hydrogen) atoms. The van der Waals surface area contributed by atoms with E-state index in [1.165, 1.54) is 0 Å². The second-order valence-corrected chi connectivity index (χ2v) is 5.63. The minimum Gasteiger partial charge on any atom is -0.481 e. The predicted molar refractivity (Wildman–Crippen MR) is 87.4 cm³/mol. The zero-order valence-electron chi connectivity index (χ0n) is 13.4. The van der Waals surface area contributed by atoms with Gasteiger partial charge in [0.25, 0.3) is 0 Å². The Bertz CT molecular complexity index is 679.